The van der Waals surface area contributed by atoms with Crippen molar-refractivity contribution < 1.29 is 17.9 Å². The van der Waals surface area contributed by atoms with Crippen LogP contribution in [0.15, 0.2) is 24.3 Å². The molecular weight excluding hydrogens is 377 g/mol. The average Bonchev–Trinajstić information content (AvgIpc) is 2.65. The maximum atomic E-state index is 12.8. The predicted octanol–water partition coefficient (Wildman–Crippen LogP) is 5.67. The number of likely N-dealkylation sites (N-methyl/N-ethyl adjacent to an activating group) is 1. The van der Waals surface area contributed by atoms with Gasteiger partial charge in [-0.15, -0.1) is 13.2 Å². The summed E-state index contributed by atoms with van der Waals surface area (Å²) in [5, 5.41) is 0. The molecule has 0 aromatic heterocycles. The summed E-state index contributed by atoms with van der Waals surface area (Å²) in [5.41, 5.74) is 1.09. The zero-order valence-electron chi connectivity index (χ0n) is 18.0. The lowest BCUT2D eigenvalue weighted by Gasteiger charge is -2.45. The summed E-state index contributed by atoms with van der Waals surface area (Å²) in [5.74, 6) is 0.102. The largest absolute Gasteiger partial charge is 0.573 e. The lowest BCUT2D eigenvalue weighted by atomic mass is 9.65. The molecule has 1 heterocycles. The number of nitrogens with zero attached hydrogens (tertiary/aromatic N) is 2. The fourth-order valence-corrected chi connectivity index (χ4v) is 5.24. The summed E-state index contributed by atoms with van der Waals surface area (Å²) in [7, 11) is 4.26. The second-order valence-corrected chi connectivity index (χ2v) is 9.41. The number of alkyl halides is 3. The predicted molar refractivity (Wildman–Crippen MR) is 110 cm³/mol. The lowest BCUT2D eigenvalue weighted by Crippen LogP contribution is -2.48. The Kier molecular flexibility index (Phi) is 7.15. The second-order valence-electron chi connectivity index (χ2n) is 9.41. The van der Waals surface area contributed by atoms with Crippen molar-refractivity contribution in [3.63, 3.8) is 0 Å². The monoisotopic (exact) mass is 412 g/mol. The summed E-state index contributed by atoms with van der Waals surface area (Å²) in [4.78, 5) is 4.82. The van der Waals surface area contributed by atoms with Gasteiger partial charge in [0.2, 0.25) is 0 Å². The summed E-state index contributed by atoms with van der Waals surface area (Å²) < 4.78 is 42.5. The van der Waals surface area contributed by atoms with Crippen LogP contribution in [0, 0.1) is 5.41 Å². The average molecular weight is 413 g/mol. The number of rotatable bonds is 6. The van der Waals surface area contributed by atoms with E-state index in [-0.39, 0.29) is 17.1 Å². The van der Waals surface area contributed by atoms with Gasteiger partial charge in [0, 0.05) is 25.0 Å². The Labute approximate surface area is 173 Å². The maximum absolute atomic E-state index is 12.8. The van der Waals surface area contributed by atoms with Crippen LogP contribution in [-0.2, 0) is 0 Å². The lowest BCUT2D eigenvalue weighted by molar-refractivity contribution is -0.274. The number of likely N-dealkylation sites (tertiary alicyclic amines) is 1. The third-order valence-corrected chi connectivity index (χ3v) is 6.98. The van der Waals surface area contributed by atoms with E-state index in [0.29, 0.717) is 6.04 Å². The van der Waals surface area contributed by atoms with Gasteiger partial charge in [0.05, 0.1) is 0 Å². The molecule has 1 aliphatic carbocycles. The molecule has 1 saturated heterocycles. The van der Waals surface area contributed by atoms with Crippen molar-refractivity contribution in [2.24, 2.45) is 5.41 Å². The van der Waals surface area contributed by atoms with E-state index in [1.807, 2.05) is 6.07 Å². The quantitative estimate of drug-likeness (QED) is 0.599. The van der Waals surface area contributed by atoms with Crippen molar-refractivity contribution in [1.82, 2.24) is 9.80 Å². The van der Waals surface area contributed by atoms with Crippen LogP contribution in [0.4, 0.5) is 13.2 Å². The van der Waals surface area contributed by atoms with Gasteiger partial charge in [-0.2, -0.15) is 0 Å². The van der Waals surface area contributed by atoms with Crippen molar-refractivity contribution in [3.05, 3.63) is 29.8 Å². The maximum Gasteiger partial charge on any atom is 0.573 e. The van der Waals surface area contributed by atoms with Crippen LogP contribution >= 0.6 is 0 Å². The Morgan fingerprint density at radius 2 is 1.90 bits per heavy atom. The molecule has 0 bridgehead atoms. The minimum Gasteiger partial charge on any atom is -0.406 e. The van der Waals surface area contributed by atoms with Crippen LogP contribution in [0.25, 0.3) is 0 Å². The minimum atomic E-state index is -4.66. The second kappa shape index (κ2) is 9.25. The molecule has 1 aromatic carbocycles. The molecule has 6 heteroatoms. The molecule has 2 aliphatic rings. The molecule has 2 fully saturated rings. The first-order valence-electron chi connectivity index (χ1n) is 10.9. The van der Waals surface area contributed by atoms with Gasteiger partial charge in [0.15, 0.2) is 0 Å². The van der Waals surface area contributed by atoms with E-state index in [9.17, 15) is 13.2 Å². The molecule has 0 radical (unpaired) electrons. The molecule has 1 aromatic rings. The van der Waals surface area contributed by atoms with Crippen LogP contribution in [-0.4, -0.2) is 55.9 Å². The Bertz CT molecular complexity index is 656. The Balaban J connectivity index is 1.85. The summed E-state index contributed by atoms with van der Waals surface area (Å²) in [6.07, 6.45) is 3.64. The van der Waals surface area contributed by atoms with Gasteiger partial charge in [-0.3, -0.25) is 0 Å². The molecular formula is C23H35F3N2O. The first kappa shape index (κ1) is 22.4. The van der Waals surface area contributed by atoms with E-state index >= 15 is 0 Å². The Morgan fingerprint density at radius 3 is 2.55 bits per heavy atom. The number of ether oxygens (including phenoxy) is 1. The van der Waals surface area contributed by atoms with Crippen molar-refractivity contribution in [2.45, 2.75) is 70.2 Å². The van der Waals surface area contributed by atoms with Gasteiger partial charge in [-0.05, 0) is 69.4 Å². The van der Waals surface area contributed by atoms with Crippen LogP contribution in [0.3, 0.4) is 0 Å². The number of hydrogen-bond acceptors (Lipinski definition) is 3. The van der Waals surface area contributed by atoms with Gasteiger partial charge in [0.1, 0.15) is 5.75 Å². The molecule has 0 spiro atoms. The third kappa shape index (κ3) is 6.11. The summed E-state index contributed by atoms with van der Waals surface area (Å²) in [6, 6.07) is 7.25. The van der Waals surface area contributed by atoms with Crippen LogP contribution in [0.1, 0.15) is 63.4 Å². The molecule has 1 aliphatic heterocycles. The van der Waals surface area contributed by atoms with Crippen molar-refractivity contribution >= 4 is 0 Å². The topological polar surface area (TPSA) is 15.7 Å². The summed E-state index contributed by atoms with van der Waals surface area (Å²) in [6.45, 7) is 5.33. The molecule has 29 heavy (non-hydrogen) atoms. The molecule has 1 saturated carbocycles. The number of piperidine rings is 1. The minimum absolute atomic E-state index is 0.107. The highest BCUT2D eigenvalue weighted by Crippen LogP contribution is 2.48. The standard InChI is InChI=1S/C23H35F3N2O/c1-22(12-5-4-6-13-22)21(17-28-14-8-10-19(16-28)27(2)3)18-9-7-11-20(15-18)29-23(24,25)26/h7,9,11,15,19,21H,4-6,8,10,12-14,16-17H2,1-3H3. The Morgan fingerprint density at radius 1 is 1.17 bits per heavy atom. The highest BCUT2D eigenvalue weighted by Gasteiger charge is 2.39. The fraction of sp³-hybridized carbons (Fsp3) is 0.739. The fourth-order valence-electron chi connectivity index (χ4n) is 5.24. The van der Waals surface area contributed by atoms with Gasteiger partial charge < -0.3 is 14.5 Å². The van der Waals surface area contributed by atoms with Gasteiger partial charge in [-0.1, -0.05) is 38.3 Å². The van der Waals surface area contributed by atoms with Gasteiger partial charge >= 0.3 is 6.36 Å². The zero-order valence-corrected chi connectivity index (χ0v) is 18.0. The Hall–Kier alpha value is -1.27. The van der Waals surface area contributed by atoms with Crippen LogP contribution in [0.5, 0.6) is 5.75 Å². The summed E-state index contributed by atoms with van der Waals surface area (Å²) >= 11 is 0. The van der Waals surface area contributed by atoms with Gasteiger partial charge in [0.25, 0.3) is 0 Å². The van der Waals surface area contributed by atoms with E-state index in [0.717, 1.165) is 38.0 Å². The van der Waals surface area contributed by atoms with Gasteiger partial charge in [-0.25, -0.2) is 0 Å². The number of halogens is 3. The zero-order chi connectivity index (χ0) is 21.1. The smallest absolute Gasteiger partial charge is 0.406 e. The first-order valence-corrected chi connectivity index (χ1v) is 10.9. The molecule has 0 N–H and O–H groups in total. The number of benzene rings is 1. The highest BCUT2D eigenvalue weighted by molar-refractivity contribution is 5.32. The van der Waals surface area contributed by atoms with Crippen LogP contribution in [0.2, 0.25) is 0 Å². The van der Waals surface area contributed by atoms with E-state index < -0.39 is 6.36 Å². The molecule has 0 amide bonds. The van der Waals surface area contributed by atoms with E-state index in [4.69, 9.17) is 0 Å². The molecule has 3 rings (SSSR count). The van der Waals surface area contributed by atoms with E-state index in [2.05, 4.69) is 35.6 Å². The van der Waals surface area contributed by atoms with E-state index in [1.54, 1.807) is 12.1 Å². The normalized spacial score (nSPS) is 24.4. The third-order valence-electron chi connectivity index (χ3n) is 6.98. The van der Waals surface area contributed by atoms with Crippen molar-refractivity contribution in [3.8, 4) is 5.75 Å². The first-order chi connectivity index (χ1) is 13.7. The molecule has 2 unspecified atom stereocenters. The van der Waals surface area contributed by atoms with Crippen LogP contribution < -0.4 is 4.74 Å². The van der Waals surface area contributed by atoms with Crippen molar-refractivity contribution in [2.75, 3.05) is 33.7 Å². The highest BCUT2D eigenvalue weighted by atomic mass is 19.4. The SMILES string of the molecule is CN(C)C1CCCN(CC(c2cccc(OC(F)(F)F)c2)C2(C)CCCCC2)C1. The van der Waals surface area contributed by atoms with Crippen molar-refractivity contribution in [1.29, 1.82) is 0 Å². The molecule has 3 nitrogen and oxygen atoms in total. The van der Waals surface area contributed by atoms with E-state index in [1.165, 1.54) is 38.2 Å². The molecule has 2 atom stereocenters. The number of hydrogen-bond donors (Lipinski definition) is 0. The molecule has 164 valence electrons.